The van der Waals surface area contributed by atoms with E-state index >= 15 is 0 Å². The Morgan fingerprint density at radius 2 is 2.30 bits per heavy atom. The van der Waals surface area contributed by atoms with Gasteiger partial charge in [-0.15, -0.1) is 5.10 Å². The molecule has 0 spiro atoms. The number of hydrogen-bond acceptors (Lipinski definition) is 5. The van der Waals surface area contributed by atoms with Crippen molar-refractivity contribution in [3.05, 3.63) is 28.8 Å². The molecule has 0 unspecified atom stereocenters. The van der Waals surface area contributed by atoms with E-state index in [1.807, 2.05) is 24.2 Å². The van der Waals surface area contributed by atoms with Crippen molar-refractivity contribution in [3.63, 3.8) is 0 Å². The van der Waals surface area contributed by atoms with E-state index < -0.39 is 0 Å². The number of imidazole rings is 1. The molecule has 0 saturated carbocycles. The van der Waals surface area contributed by atoms with Crippen LogP contribution in [0.5, 0.6) is 0 Å². The average molecular weight is 333 g/mol. The minimum absolute atomic E-state index is 0.0766. The molecule has 1 aliphatic rings. The van der Waals surface area contributed by atoms with Crippen molar-refractivity contribution in [3.8, 4) is 0 Å². The van der Waals surface area contributed by atoms with Gasteiger partial charge >= 0.3 is 0 Å². The third-order valence-corrected chi connectivity index (χ3v) is 5.13. The maximum atomic E-state index is 12.8. The number of piperidine rings is 1. The molecule has 3 heterocycles. The molecular weight excluding hydrogens is 310 g/mol. The van der Waals surface area contributed by atoms with Gasteiger partial charge in [-0.05, 0) is 30.8 Å². The van der Waals surface area contributed by atoms with Gasteiger partial charge in [0.2, 0.25) is 0 Å². The fourth-order valence-corrected chi connectivity index (χ4v) is 3.91. The SMILES string of the molecule is CCc1nnsc1C(=O)N1CCC[C@H](n2ccnc2C(C)C)C1. The lowest BCUT2D eigenvalue weighted by atomic mass is 10.0. The Morgan fingerprint density at radius 1 is 1.48 bits per heavy atom. The van der Waals surface area contributed by atoms with Gasteiger partial charge in [0.25, 0.3) is 5.91 Å². The average Bonchev–Trinajstić information content (AvgIpc) is 3.23. The fourth-order valence-electron chi connectivity index (χ4n) is 3.19. The van der Waals surface area contributed by atoms with Gasteiger partial charge in [0, 0.05) is 31.4 Å². The zero-order valence-corrected chi connectivity index (χ0v) is 14.7. The number of nitrogens with zero attached hydrogens (tertiary/aromatic N) is 5. The second-order valence-corrected chi connectivity index (χ2v) is 7.05. The summed E-state index contributed by atoms with van der Waals surface area (Å²) in [6, 6.07) is 0.304. The van der Waals surface area contributed by atoms with Crippen LogP contribution >= 0.6 is 11.5 Å². The van der Waals surface area contributed by atoms with Crippen LogP contribution in [0.2, 0.25) is 0 Å². The highest BCUT2D eigenvalue weighted by Gasteiger charge is 2.29. The van der Waals surface area contributed by atoms with Gasteiger partial charge in [0.15, 0.2) is 0 Å². The molecule has 1 fully saturated rings. The summed E-state index contributed by atoms with van der Waals surface area (Å²) in [7, 11) is 0. The van der Waals surface area contributed by atoms with Crippen LogP contribution < -0.4 is 0 Å². The standard InChI is InChI=1S/C16H23N5OS/c1-4-13-14(23-19-18-13)16(22)20-8-5-6-12(10-20)21-9-7-17-15(21)11(2)3/h7,9,11-12H,4-6,8,10H2,1-3H3/t12-/m0/s1. The summed E-state index contributed by atoms with van der Waals surface area (Å²) >= 11 is 1.21. The molecular formula is C16H23N5OS. The number of hydrogen-bond donors (Lipinski definition) is 0. The minimum Gasteiger partial charge on any atom is -0.336 e. The van der Waals surface area contributed by atoms with E-state index in [0.717, 1.165) is 43.9 Å². The van der Waals surface area contributed by atoms with Crippen LogP contribution in [0.1, 0.15) is 66.8 Å². The van der Waals surface area contributed by atoms with Gasteiger partial charge in [-0.2, -0.15) is 0 Å². The Labute approximate surface area is 140 Å². The van der Waals surface area contributed by atoms with E-state index in [9.17, 15) is 4.79 Å². The minimum atomic E-state index is 0.0766. The molecule has 1 saturated heterocycles. The third-order valence-electron chi connectivity index (χ3n) is 4.38. The van der Waals surface area contributed by atoms with Crippen molar-refractivity contribution in [1.82, 2.24) is 24.0 Å². The fraction of sp³-hybridized carbons (Fsp3) is 0.625. The molecule has 6 nitrogen and oxygen atoms in total. The molecule has 7 heteroatoms. The first-order valence-electron chi connectivity index (χ1n) is 8.25. The smallest absolute Gasteiger partial charge is 0.267 e. The third kappa shape index (κ3) is 3.15. The van der Waals surface area contributed by atoms with Gasteiger partial charge in [0.1, 0.15) is 10.7 Å². The lowest BCUT2D eigenvalue weighted by Gasteiger charge is -2.34. The number of rotatable bonds is 4. The summed E-state index contributed by atoms with van der Waals surface area (Å²) in [5.41, 5.74) is 0.813. The van der Waals surface area contributed by atoms with Gasteiger partial charge in [-0.3, -0.25) is 4.79 Å². The van der Waals surface area contributed by atoms with Crippen LogP contribution in [0.25, 0.3) is 0 Å². The molecule has 124 valence electrons. The first kappa shape index (κ1) is 16.1. The van der Waals surface area contributed by atoms with Crippen molar-refractivity contribution in [2.75, 3.05) is 13.1 Å². The number of likely N-dealkylation sites (tertiary alicyclic amines) is 1. The Bertz CT molecular complexity index is 678. The lowest BCUT2D eigenvalue weighted by molar-refractivity contribution is 0.0681. The molecule has 0 aliphatic carbocycles. The number of amides is 1. The van der Waals surface area contributed by atoms with Gasteiger partial charge in [0.05, 0.1) is 11.7 Å². The van der Waals surface area contributed by atoms with E-state index in [4.69, 9.17) is 0 Å². The lowest BCUT2D eigenvalue weighted by Crippen LogP contribution is -2.41. The van der Waals surface area contributed by atoms with Crippen LogP contribution in [0.4, 0.5) is 0 Å². The highest BCUT2D eigenvalue weighted by Crippen LogP contribution is 2.27. The van der Waals surface area contributed by atoms with Crippen molar-refractivity contribution in [2.45, 2.75) is 52.0 Å². The predicted octanol–water partition coefficient (Wildman–Crippen LogP) is 2.90. The maximum Gasteiger partial charge on any atom is 0.267 e. The van der Waals surface area contributed by atoms with Crippen LogP contribution in [-0.2, 0) is 6.42 Å². The number of aromatic nitrogens is 4. The number of carbonyl (C=O) groups excluding carboxylic acids is 1. The van der Waals surface area contributed by atoms with E-state index in [1.165, 1.54) is 11.5 Å². The summed E-state index contributed by atoms with van der Waals surface area (Å²) in [5.74, 6) is 1.55. The van der Waals surface area contributed by atoms with E-state index in [-0.39, 0.29) is 5.91 Å². The maximum absolute atomic E-state index is 12.8. The van der Waals surface area contributed by atoms with Crippen LogP contribution in [0.15, 0.2) is 12.4 Å². The molecule has 0 radical (unpaired) electrons. The second kappa shape index (κ2) is 6.78. The second-order valence-electron chi connectivity index (χ2n) is 6.30. The topological polar surface area (TPSA) is 63.9 Å². The predicted molar refractivity (Wildman–Crippen MR) is 89.8 cm³/mol. The molecule has 23 heavy (non-hydrogen) atoms. The van der Waals surface area contributed by atoms with Crippen molar-refractivity contribution in [2.24, 2.45) is 0 Å². The zero-order valence-electron chi connectivity index (χ0n) is 13.9. The normalized spacial score (nSPS) is 18.6. The summed E-state index contributed by atoms with van der Waals surface area (Å²) in [6.07, 6.45) is 6.74. The molecule has 3 rings (SSSR count). The monoisotopic (exact) mass is 333 g/mol. The molecule has 2 aromatic rings. The number of carbonyl (C=O) groups is 1. The number of aryl methyl sites for hydroxylation is 1. The van der Waals surface area contributed by atoms with Crippen molar-refractivity contribution in [1.29, 1.82) is 0 Å². The van der Waals surface area contributed by atoms with E-state index in [2.05, 4.69) is 33.0 Å². The molecule has 0 aromatic carbocycles. The summed E-state index contributed by atoms with van der Waals surface area (Å²) in [6.45, 7) is 7.85. The molecule has 1 atom stereocenters. The summed E-state index contributed by atoms with van der Waals surface area (Å²) in [5, 5.41) is 4.06. The highest BCUT2D eigenvalue weighted by molar-refractivity contribution is 7.08. The first-order chi connectivity index (χ1) is 11.1. The first-order valence-corrected chi connectivity index (χ1v) is 9.02. The molecule has 0 bridgehead atoms. The van der Waals surface area contributed by atoms with Crippen LogP contribution in [0.3, 0.4) is 0 Å². The Balaban J connectivity index is 1.78. The van der Waals surface area contributed by atoms with Gasteiger partial charge in [-0.1, -0.05) is 25.3 Å². The van der Waals surface area contributed by atoms with Gasteiger partial charge < -0.3 is 9.47 Å². The van der Waals surface area contributed by atoms with E-state index in [1.54, 1.807) is 0 Å². The molecule has 0 N–H and O–H groups in total. The van der Waals surface area contributed by atoms with E-state index in [0.29, 0.717) is 16.8 Å². The summed E-state index contributed by atoms with van der Waals surface area (Å²) < 4.78 is 6.19. The van der Waals surface area contributed by atoms with Gasteiger partial charge in [-0.25, -0.2) is 4.98 Å². The molecule has 2 aromatic heterocycles. The van der Waals surface area contributed by atoms with Crippen LogP contribution in [0, 0.1) is 0 Å². The van der Waals surface area contributed by atoms with Crippen molar-refractivity contribution >= 4 is 17.4 Å². The Kier molecular flexibility index (Phi) is 4.75. The zero-order chi connectivity index (χ0) is 16.4. The highest BCUT2D eigenvalue weighted by atomic mass is 32.1. The quantitative estimate of drug-likeness (QED) is 0.863. The van der Waals surface area contributed by atoms with Crippen LogP contribution in [-0.4, -0.2) is 43.0 Å². The summed E-state index contributed by atoms with van der Waals surface area (Å²) in [4.78, 5) is 19.9. The Morgan fingerprint density at radius 3 is 3.04 bits per heavy atom. The molecule has 1 aliphatic heterocycles. The van der Waals surface area contributed by atoms with Crippen molar-refractivity contribution < 1.29 is 4.79 Å². The largest absolute Gasteiger partial charge is 0.336 e. The Hall–Kier alpha value is -1.76. The molecule has 1 amide bonds.